The summed E-state index contributed by atoms with van der Waals surface area (Å²) in [5.41, 5.74) is 6.67. The number of allylic oxidation sites excluding steroid dienone is 1. The SMILES string of the molecule is C=C(/N=C(OCC(=O)OC)\C(C)=C(/N)Cl)C1CC1. The molecule has 18 heavy (non-hydrogen) atoms. The number of methoxy groups -OCH3 is 1. The molecule has 0 aromatic rings. The minimum absolute atomic E-state index is 0.0715. The summed E-state index contributed by atoms with van der Waals surface area (Å²) in [4.78, 5) is 15.3. The molecule has 1 aliphatic rings. The van der Waals surface area contributed by atoms with Crippen molar-refractivity contribution in [3.63, 3.8) is 0 Å². The Morgan fingerprint density at radius 3 is 2.61 bits per heavy atom. The molecule has 0 radical (unpaired) electrons. The fraction of sp³-hybridized carbons (Fsp3) is 0.500. The number of esters is 1. The average Bonchev–Trinajstić information content (AvgIpc) is 3.16. The first-order valence-electron chi connectivity index (χ1n) is 5.55. The summed E-state index contributed by atoms with van der Waals surface area (Å²) in [7, 11) is 1.28. The van der Waals surface area contributed by atoms with Gasteiger partial charge in [-0.05, 0) is 19.8 Å². The van der Waals surface area contributed by atoms with Gasteiger partial charge in [-0.15, -0.1) is 0 Å². The number of carbonyl (C=O) groups is 1. The van der Waals surface area contributed by atoms with Crippen LogP contribution in [0.15, 0.2) is 28.0 Å². The number of carbonyl (C=O) groups excluding carboxylic acids is 1. The molecule has 100 valence electrons. The Morgan fingerprint density at radius 2 is 2.17 bits per heavy atom. The molecule has 0 amide bonds. The van der Waals surface area contributed by atoms with E-state index in [9.17, 15) is 4.79 Å². The van der Waals surface area contributed by atoms with Crippen molar-refractivity contribution < 1.29 is 14.3 Å². The Hall–Kier alpha value is -1.49. The largest absolute Gasteiger partial charge is 0.466 e. The molecule has 0 bridgehead atoms. The van der Waals surface area contributed by atoms with Gasteiger partial charge in [0.25, 0.3) is 0 Å². The maximum atomic E-state index is 11.0. The Balaban J connectivity index is 2.77. The molecule has 1 saturated carbocycles. The van der Waals surface area contributed by atoms with Gasteiger partial charge < -0.3 is 15.2 Å². The van der Waals surface area contributed by atoms with Gasteiger partial charge in [-0.3, -0.25) is 0 Å². The van der Waals surface area contributed by atoms with Crippen LogP contribution in [0.25, 0.3) is 0 Å². The van der Waals surface area contributed by atoms with E-state index in [4.69, 9.17) is 22.1 Å². The van der Waals surface area contributed by atoms with E-state index >= 15 is 0 Å². The predicted molar refractivity (Wildman–Crippen MR) is 70.0 cm³/mol. The molecule has 2 N–H and O–H groups in total. The van der Waals surface area contributed by atoms with Crippen molar-refractivity contribution in [3.05, 3.63) is 23.0 Å². The van der Waals surface area contributed by atoms with Crippen molar-refractivity contribution in [1.29, 1.82) is 0 Å². The molecule has 0 spiro atoms. The summed E-state index contributed by atoms with van der Waals surface area (Å²) >= 11 is 5.70. The standard InChI is InChI=1S/C12H17ClN2O3/c1-7(11(13)14)12(18-6-10(16)17-3)15-8(2)9-4-5-9/h9H,2,4-6,14H2,1,3H3/b11-7-,15-12+. The topological polar surface area (TPSA) is 73.9 Å². The second kappa shape index (κ2) is 6.44. The molecule has 1 aliphatic carbocycles. The van der Waals surface area contributed by atoms with Crippen molar-refractivity contribution in [2.45, 2.75) is 19.8 Å². The lowest BCUT2D eigenvalue weighted by Gasteiger charge is -2.10. The van der Waals surface area contributed by atoms with Gasteiger partial charge in [0, 0.05) is 17.2 Å². The van der Waals surface area contributed by atoms with Gasteiger partial charge in [0.2, 0.25) is 5.90 Å². The monoisotopic (exact) mass is 272 g/mol. The van der Waals surface area contributed by atoms with Crippen LogP contribution in [0.4, 0.5) is 0 Å². The average molecular weight is 273 g/mol. The quantitative estimate of drug-likeness (QED) is 0.359. The number of hydrogen-bond acceptors (Lipinski definition) is 5. The first kappa shape index (κ1) is 14.6. The number of halogens is 1. The minimum atomic E-state index is -0.499. The van der Waals surface area contributed by atoms with E-state index in [-0.39, 0.29) is 17.7 Å². The van der Waals surface area contributed by atoms with E-state index in [1.807, 2.05) is 0 Å². The third kappa shape index (κ3) is 4.41. The number of hydrogen-bond donors (Lipinski definition) is 1. The van der Waals surface area contributed by atoms with Crippen LogP contribution in [0.3, 0.4) is 0 Å². The van der Waals surface area contributed by atoms with Crippen LogP contribution >= 0.6 is 11.6 Å². The summed E-state index contributed by atoms with van der Waals surface area (Å²) in [6.07, 6.45) is 2.15. The van der Waals surface area contributed by atoms with Gasteiger partial charge in [0.1, 0.15) is 5.16 Å². The van der Waals surface area contributed by atoms with Crippen LogP contribution in [-0.2, 0) is 14.3 Å². The number of nitrogens with zero attached hydrogens (tertiary/aromatic N) is 1. The summed E-state index contributed by atoms with van der Waals surface area (Å²) in [5, 5.41) is 0.0715. The Kier molecular flexibility index (Phi) is 5.22. The molecule has 0 atom stereocenters. The molecule has 0 unspecified atom stereocenters. The van der Waals surface area contributed by atoms with Crippen LogP contribution in [0.1, 0.15) is 19.8 Å². The van der Waals surface area contributed by atoms with Crippen molar-refractivity contribution in [3.8, 4) is 0 Å². The molecule has 1 rings (SSSR count). The maximum Gasteiger partial charge on any atom is 0.343 e. The minimum Gasteiger partial charge on any atom is -0.466 e. The van der Waals surface area contributed by atoms with Crippen molar-refractivity contribution in [2.24, 2.45) is 16.6 Å². The second-order valence-electron chi connectivity index (χ2n) is 4.02. The zero-order chi connectivity index (χ0) is 13.7. The first-order valence-corrected chi connectivity index (χ1v) is 5.92. The fourth-order valence-corrected chi connectivity index (χ4v) is 1.23. The molecule has 0 aromatic heterocycles. The van der Waals surface area contributed by atoms with E-state index in [2.05, 4.69) is 16.3 Å². The summed E-state index contributed by atoms with van der Waals surface area (Å²) in [6, 6.07) is 0. The summed E-state index contributed by atoms with van der Waals surface area (Å²) in [5.74, 6) is 0.108. The lowest BCUT2D eigenvalue weighted by atomic mass is 10.3. The highest BCUT2D eigenvalue weighted by molar-refractivity contribution is 6.31. The molecule has 0 saturated heterocycles. The third-order valence-corrected chi connectivity index (χ3v) is 2.81. The van der Waals surface area contributed by atoms with E-state index in [0.29, 0.717) is 17.2 Å². The highest BCUT2D eigenvalue weighted by Crippen LogP contribution is 2.36. The number of rotatable bonds is 5. The van der Waals surface area contributed by atoms with Crippen molar-refractivity contribution >= 4 is 23.5 Å². The van der Waals surface area contributed by atoms with Gasteiger partial charge in [0.15, 0.2) is 6.61 Å². The number of ether oxygens (including phenoxy) is 2. The van der Waals surface area contributed by atoms with E-state index in [0.717, 1.165) is 12.8 Å². The molecule has 0 aromatic carbocycles. The molecule has 1 fully saturated rings. The van der Waals surface area contributed by atoms with Crippen molar-refractivity contribution in [1.82, 2.24) is 0 Å². The molecule has 6 heteroatoms. The number of aliphatic imine (C=N–C) groups is 1. The molecular weight excluding hydrogens is 256 g/mol. The third-order valence-electron chi connectivity index (χ3n) is 2.53. The second-order valence-corrected chi connectivity index (χ2v) is 4.43. The Bertz CT molecular complexity index is 408. The molecule has 0 aliphatic heterocycles. The fourth-order valence-electron chi connectivity index (χ4n) is 1.15. The first-order chi connectivity index (χ1) is 8.45. The van der Waals surface area contributed by atoms with Crippen molar-refractivity contribution in [2.75, 3.05) is 13.7 Å². The highest BCUT2D eigenvalue weighted by Gasteiger charge is 2.25. The summed E-state index contributed by atoms with van der Waals surface area (Å²) in [6.45, 7) is 5.28. The Labute approximate surface area is 111 Å². The van der Waals surface area contributed by atoms with Crippen LogP contribution in [-0.4, -0.2) is 25.6 Å². The van der Waals surface area contributed by atoms with Gasteiger partial charge in [-0.1, -0.05) is 18.2 Å². The van der Waals surface area contributed by atoms with Gasteiger partial charge in [-0.25, -0.2) is 9.79 Å². The number of nitrogens with two attached hydrogens (primary N) is 1. The van der Waals surface area contributed by atoms with Gasteiger partial charge in [0.05, 0.1) is 7.11 Å². The smallest absolute Gasteiger partial charge is 0.343 e. The lowest BCUT2D eigenvalue weighted by Crippen LogP contribution is -2.17. The van der Waals surface area contributed by atoms with E-state index < -0.39 is 5.97 Å². The van der Waals surface area contributed by atoms with Crippen LogP contribution < -0.4 is 5.73 Å². The molecule has 0 heterocycles. The Morgan fingerprint density at radius 1 is 1.56 bits per heavy atom. The normalized spacial score (nSPS) is 16.9. The zero-order valence-corrected chi connectivity index (χ0v) is 11.3. The predicted octanol–water partition coefficient (Wildman–Crippen LogP) is 1.93. The van der Waals surface area contributed by atoms with E-state index in [1.54, 1.807) is 6.92 Å². The molecular formula is C12H17ClN2O3. The van der Waals surface area contributed by atoms with Crippen LogP contribution in [0.2, 0.25) is 0 Å². The maximum absolute atomic E-state index is 11.0. The summed E-state index contributed by atoms with van der Waals surface area (Å²) < 4.78 is 9.74. The van der Waals surface area contributed by atoms with Gasteiger partial charge >= 0.3 is 5.97 Å². The lowest BCUT2D eigenvalue weighted by molar-refractivity contribution is -0.143. The van der Waals surface area contributed by atoms with Gasteiger partial charge in [-0.2, -0.15) is 0 Å². The van der Waals surface area contributed by atoms with Crippen LogP contribution in [0.5, 0.6) is 0 Å². The van der Waals surface area contributed by atoms with Crippen LogP contribution in [0, 0.1) is 5.92 Å². The zero-order valence-electron chi connectivity index (χ0n) is 10.5. The highest BCUT2D eigenvalue weighted by atomic mass is 35.5. The van der Waals surface area contributed by atoms with E-state index in [1.165, 1.54) is 7.11 Å². The molecule has 5 nitrogen and oxygen atoms in total.